The van der Waals surface area contributed by atoms with Gasteiger partial charge in [-0.1, -0.05) is 36.4 Å². The number of nitrogens with one attached hydrogen (secondary N) is 2. The van der Waals surface area contributed by atoms with Crippen LogP contribution in [0.5, 0.6) is 0 Å². The van der Waals surface area contributed by atoms with Crippen molar-refractivity contribution in [1.82, 2.24) is 15.3 Å². The molecule has 1 fully saturated rings. The molecule has 0 bridgehead atoms. The normalized spacial score (nSPS) is 18.7. The minimum absolute atomic E-state index is 0.00679. The SMILES string of the molecule is NC[C@H]1CC[C@H](C(=O)N[C@@H](Cc2ccccc2)c2nc(-c3ccc(C(N)=O)c(F)c3)c(Br)[nH]2)CC1. The van der Waals surface area contributed by atoms with Gasteiger partial charge in [0.1, 0.15) is 21.9 Å². The van der Waals surface area contributed by atoms with Crippen LogP contribution >= 0.6 is 15.9 Å². The number of carbonyl (C=O) groups is 2. The zero-order valence-corrected chi connectivity index (χ0v) is 20.9. The number of aromatic nitrogens is 2. The molecule has 0 unspecified atom stereocenters. The van der Waals surface area contributed by atoms with Crippen LogP contribution in [-0.4, -0.2) is 28.3 Å². The Bertz CT molecular complexity index is 1190. The van der Waals surface area contributed by atoms with Gasteiger partial charge in [-0.2, -0.15) is 0 Å². The maximum Gasteiger partial charge on any atom is 0.251 e. The van der Waals surface area contributed by atoms with Crippen LogP contribution < -0.4 is 16.8 Å². The van der Waals surface area contributed by atoms with Gasteiger partial charge in [0.2, 0.25) is 5.91 Å². The van der Waals surface area contributed by atoms with E-state index in [4.69, 9.17) is 16.5 Å². The zero-order valence-electron chi connectivity index (χ0n) is 19.3. The van der Waals surface area contributed by atoms with Gasteiger partial charge < -0.3 is 21.8 Å². The predicted molar refractivity (Wildman–Crippen MR) is 136 cm³/mol. The van der Waals surface area contributed by atoms with Gasteiger partial charge in [0.15, 0.2) is 0 Å². The molecule has 2 aromatic carbocycles. The Morgan fingerprint density at radius 2 is 1.86 bits per heavy atom. The number of halogens is 2. The van der Waals surface area contributed by atoms with Crippen LogP contribution in [0.25, 0.3) is 11.3 Å². The molecule has 3 aromatic rings. The Kier molecular flexibility index (Phi) is 7.97. The third kappa shape index (κ3) is 5.97. The summed E-state index contributed by atoms with van der Waals surface area (Å²) in [6.07, 6.45) is 4.11. The fraction of sp³-hybridized carbons (Fsp3) is 0.346. The molecule has 1 atom stereocenters. The van der Waals surface area contributed by atoms with E-state index in [1.54, 1.807) is 6.07 Å². The van der Waals surface area contributed by atoms with E-state index in [-0.39, 0.29) is 17.4 Å². The Hall–Kier alpha value is -3.04. The van der Waals surface area contributed by atoms with Crippen molar-refractivity contribution in [3.8, 4) is 11.3 Å². The molecule has 0 aliphatic heterocycles. The van der Waals surface area contributed by atoms with Gasteiger partial charge >= 0.3 is 0 Å². The van der Waals surface area contributed by atoms with E-state index in [1.165, 1.54) is 12.1 Å². The monoisotopic (exact) mass is 541 g/mol. The van der Waals surface area contributed by atoms with Crippen molar-refractivity contribution in [3.05, 3.63) is 75.9 Å². The number of imidazole rings is 1. The van der Waals surface area contributed by atoms with E-state index in [1.807, 2.05) is 30.3 Å². The molecule has 7 nitrogen and oxygen atoms in total. The number of primary amides is 1. The van der Waals surface area contributed by atoms with Crippen molar-refractivity contribution in [2.24, 2.45) is 23.3 Å². The van der Waals surface area contributed by atoms with Gasteiger partial charge in [-0.15, -0.1) is 0 Å². The summed E-state index contributed by atoms with van der Waals surface area (Å²) in [5, 5.41) is 3.19. The Balaban J connectivity index is 1.59. The molecule has 1 aliphatic rings. The van der Waals surface area contributed by atoms with E-state index < -0.39 is 17.8 Å². The van der Waals surface area contributed by atoms with Crippen LogP contribution in [-0.2, 0) is 11.2 Å². The average Bonchev–Trinajstić information content (AvgIpc) is 3.25. The standard InChI is InChI=1S/C26H29BrFN5O2/c27-23-22(18-10-11-19(24(30)34)20(28)13-18)32-25(33-23)21(12-15-4-2-1-3-5-15)31-26(35)17-8-6-16(14-29)7-9-17/h1-5,10-11,13,16-17,21H,6-9,12,14,29H2,(H2,30,34)(H,31,35)(H,32,33)/t16-,17-,21-/m0/s1. The number of aromatic amines is 1. The Morgan fingerprint density at radius 3 is 2.49 bits per heavy atom. The van der Waals surface area contributed by atoms with E-state index in [9.17, 15) is 14.0 Å². The number of carbonyl (C=O) groups excluding carboxylic acids is 2. The zero-order chi connectivity index (χ0) is 24.9. The lowest BCUT2D eigenvalue weighted by Crippen LogP contribution is -2.37. The second-order valence-corrected chi connectivity index (χ2v) is 9.84. The summed E-state index contributed by atoms with van der Waals surface area (Å²) in [6, 6.07) is 13.6. The molecular formula is C26H29BrFN5O2. The molecule has 35 heavy (non-hydrogen) atoms. The summed E-state index contributed by atoms with van der Waals surface area (Å²) in [5.74, 6) is -0.546. The maximum atomic E-state index is 14.4. The maximum absolute atomic E-state index is 14.4. The second-order valence-electron chi connectivity index (χ2n) is 9.05. The first-order chi connectivity index (χ1) is 16.9. The van der Waals surface area contributed by atoms with Crippen LogP contribution in [0.1, 0.15) is 53.5 Å². The Labute approximate surface area is 212 Å². The number of hydrogen-bond acceptors (Lipinski definition) is 4. The quantitative estimate of drug-likeness (QED) is 0.340. The molecule has 1 heterocycles. The largest absolute Gasteiger partial charge is 0.366 e. The lowest BCUT2D eigenvalue weighted by molar-refractivity contribution is -0.127. The summed E-state index contributed by atoms with van der Waals surface area (Å²) in [7, 11) is 0. The molecule has 184 valence electrons. The first-order valence-corrected chi connectivity index (χ1v) is 12.5. The van der Waals surface area contributed by atoms with Gasteiger partial charge in [-0.25, -0.2) is 9.37 Å². The summed E-state index contributed by atoms with van der Waals surface area (Å²) < 4.78 is 14.9. The number of nitrogens with two attached hydrogens (primary N) is 2. The highest BCUT2D eigenvalue weighted by Crippen LogP contribution is 2.32. The van der Waals surface area contributed by atoms with E-state index >= 15 is 0 Å². The van der Waals surface area contributed by atoms with Gasteiger partial charge in [-0.05, 0) is 78.2 Å². The molecule has 4 rings (SSSR count). The predicted octanol–water partition coefficient (Wildman–Crippen LogP) is 4.24. The number of benzene rings is 2. The molecule has 2 amide bonds. The molecule has 1 saturated carbocycles. The summed E-state index contributed by atoms with van der Waals surface area (Å²) in [4.78, 5) is 32.5. The third-order valence-corrected chi connectivity index (χ3v) is 7.24. The number of H-pyrrole nitrogens is 1. The highest BCUT2D eigenvalue weighted by Gasteiger charge is 2.29. The smallest absolute Gasteiger partial charge is 0.251 e. The van der Waals surface area contributed by atoms with Crippen molar-refractivity contribution in [2.75, 3.05) is 6.54 Å². The van der Waals surface area contributed by atoms with Crippen molar-refractivity contribution in [2.45, 2.75) is 38.1 Å². The van der Waals surface area contributed by atoms with E-state index in [2.05, 4.69) is 26.2 Å². The lowest BCUT2D eigenvalue weighted by atomic mass is 9.81. The number of nitrogens with zero attached hydrogens (tertiary/aromatic N) is 1. The van der Waals surface area contributed by atoms with Crippen LogP contribution in [0, 0.1) is 17.7 Å². The van der Waals surface area contributed by atoms with Gasteiger partial charge in [0.25, 0.3) is 5.91 Å². The van der Waals surface area contributed by atoms with Gasteiger partial charge in [0.05, 0.1) is 11.6 Å². The number of amides is 2. The minimum Gasteiger partial charge on any atom is -0.366 e. The van der Waals surface area contributed by atoms with Crippen LogP contribution in [0.3, 0.4) is 0 Å². The number of hydrogen-bond donors (Lipinski definition) is 4. The third-order valence-electron chi connectivity index (χ3n) is 6.67. The Morgan fingerprint density at radius 1 is 1.14 bits per heavy atom. The first kappa shape index (κ1) is 25.1. The summed E-state index contributed by atoms with van der Waals surface area (Å²) in [5.41, 5.74) is 12.8. The number of rotatable bonds is 8. The molecule has 0 radical (unpaired) electrons. The first-order valence-electron chi connectivity index (χ1n) is 11.7. The fourth-order valence-corrected chi connectivity index (χ4v) is 5.12. The second kappa shape index (κ2) is 11.1. The van der Waals surface area contributed by atoms with Crippen molar-refractivity contribution >= 4 is 27.7 Å². The topological polar surface area (TPSA) is 127 Å². The highest BCUT2D eigenvalue weighted by molar-refractivity contribution is 9.10. The molecule has 1 aromatic heterocycles. The van der Waals surface area contributed by atoms with E-state index in [0.717, 1.165) is 31.2 Å². The fourth-order valence-electron chi connectivity index (χ4n) is 4.60. The van der Waals surface area contributed by atoms with Crippen molar-refractivity contribution in [1.29, 1.82) is 0 Å². The molecule has 0 saturated heterocycles. The molecule has 1 aliphatic carbocycles. The van der Waals surface area contributed by atoms with Crippen LogP contribution in [0.4, 0.5) is 4.39 Å². The molecule has 9 heteroatoms. The molecular weight excluding hydrogens is 513 g/mol. The van der Waals surface area contributed by atoms with Crippen LogP contribution in [0.15, 0.2) is 53.1 Å². The van der Waals surface area contributed by atoms with Crippen molar-refractivity contribution in [3.63, 3.8) is 0 Å². The molecule has 6 N–H and O–H groups in total. The van der Waals surface area contributed by atoms with Gasteiger partial charge in [-0.3, -0.25) is 9.59 Å². The highest BCUT2D eigenvalue weighted by atomic mass is 79.9. The lowest BCUT2D eigenvalue weighted by Gasteiger charge is -2.28. The minimum atomic E-state index is -0.832. The summed E-state index contributed by atoms with van der Waals surface area (Å²) in [6.45, 7) is 0.662. The average molecular weight is 542 g/mol. The van der Waals surface area contributed by atoms with Gasteiger partial charge in [0, 0.05) is 11.5 Å². The van der Waals surface area contributed by atoms with E-state index in [0.29, 0.717) is 40.6 Å². The summed E-state index contributed by atoms with van der Waals surface area (Å²) >= 11 is 3.48. The van der Waals surface area contributed by atoms with Crippen LogP contribution in [0.2, 0.25) is 0 Å². The van der Waals surface area contributed by atoms with Crippen molar-refractivity contribution < 1.29 is 14.0 Å². The molecule has 0 spiro atoms.